The third-order valence-electron chi connectivity index (χ3n) is 3.37. The normalized spacial score (nSPS) is 10.8. The van der Waals surface area contributed by atoms with Gasteiger partial charge < -0.3 is 5.32 Å². The first-order chi connectivity index (χ1) is 11.3. The van der Waals surface area contributed by atoms with Crippen LogP contribution in [0, 0.1) is 0 Å². The summed E-state index contributed by atoms with van der Waals surface area (Å²) in [4.78, 5) is 16.8. The molecule has 0 bridgehead atoms. The molecule has 23 heavy (non-hydrogen) atoms. The van der Waals surface area contributed by atoms with Gasteiger partial charge in [-0.3, -0.25) is 9.78 Å². The minimum Gasteiger partial charge on any atom is -0.348 e. The maximum Gasteiger partial charge on any atom is 0.244 e. The van der Waals surface area contributed by atoms with E-state index in [4.69, 9.17) is 0 Å². The highest BCUT2D eigenvalue weighted by Crippen LogP contribution is 2.19. The van der Waals surface area contributed by atoms with E-state index in [9.17, 15) is 4.79 Å². The Morgan fingerprint density at radius 3 is 2.48 bits per heavy atom. The summed E-state index contributed by atoms with van der Waals surface area (Å²) in [5, 5.41) is 2.84. The fourth-order valence-corrected chi connectivity index (χ4v) is 2.69. The fourth-order valence-electron chi connectivity index (χ4n) is 2.15. The van der Waals surface area contributed by atoms with Gasteiger partial charge >= 0.3 is 0 Å². The molecule has 3 nitrogen and oxygen atoms in total. The Labute approximate surface area is 139 Å². The summed E-state index contributed by atoms with van der Waals surface area (Å²) in [5.41, 5.74) is 5.10. The van der Waals surface area contributed by atoms with E-state index in [0.717, 1.165) is 16.0 Å². The largest absolute Gasteiger partial charge is 0.348 e. The molecule has 0 atom stereocenters. The first-order valence-electron chi connectivity index (χ1n) is 7.30. The number of nitrogens with one attached hydrogen (secondary N) is 1. The molecule has 2 aromatic carbocycles. The number of nitrogens with zero attached hydrogens (tertiary/aromatic N) is 1. The Kier molecular flexibility index (Phi) is 4.96. The van der Waals surface area contributed by atoms with Crippen LogP contribution in [0.25, 0.3) is 17.2 Å². The molecule has 114 valence electrons. The lowest BCUT2D eigenvalue weighted by atomic mass is 10.0. The molecule has 1 heterocycles. The van der Waals surface area contributed by atoms with Gasteiger partial charge in [-0.15, -0.1) is 11.3 Å². The number of benzene rings is 2. The molecule has 0 spiro atoms. The monoisotopic (exact) mass is 320 g/mol. The smallest absolute Gasteiger partial charge is 0.244 e. The van der Waals surface area contributed by atoms with Gasteiger partial charge in [-0.25, -0.2) is 0 Å². The Balaban J connectivity index is 1.58. The van der Waals surface area contributed by atoms with E-state index in [1.165, 1.54) is 16.9 Å². The average Bonchev–Trinajstić information content (AvgIpc) is 3.13. The number of thiazole rings is 1. The van der Waals surface area contributed by atoms with Crippen LogP contribution in [0.2, 0.25) is 0 Å². The molecule has 1 aromatic heterocycles. The highest BCUT2D eigenvalue weighted by atomic mass is 32.1. The van der Waals surface area contributed by atoms with Gasteiger partial charge in [0.25, 0.3) is 0 Å². The van der Waals surface area contributed by atoms with Crippen molar-refractivity contribution in [2.24, 2.45) is 0 Å². The predicted molar refractivity (Wildman–Crippen MR) is 94.9 cm³/mol. The summed E-state index contributed by atoms with van der Waals surface area (Å²) >= 11 is 1.53. The minimum absolute atomic E-state index is 0.106. The lowest BCUT2D eigenvalue weighted by Gasteiger charge is -2.02. The van der Waals surface area contributed by atoms with Crippen molar-refractivity contribution in [3.05, 3.63) is 82.8 Å². The Morgan fingerprint density at radius 2 is 1.78 bits per heavy atom. The molecule has 3 rings (SSSR count). The number of hydrogen-bond acceptors (Lipinski definition) is 3. The standard InChI is InChI=1S/C19H16N2OS/c22-19(21-13-18-12-20-14-23-18)11-8-15-6-9-17(10-7-15)16-4-2-1-3-5-16/h1-12,14H,13H2,(H,21,22)/b11-8+. The molecule has 0 aliphatic carbocycles. The third-order valence-corrected chi connectivity index (χ3v) is 4.14. The molecule has 0 fully saturated rings. The van der Waals surface area contributed by atoms with Gasteiger partial charge in [0.05, 0.1) is 12.1 Å². The average molecular weight is 320 g/mol. The van der Waals surface area contributed by atoms with E-state index in [1.54, 1.807) is 17.8 Å². The van der Waals surface area contributed by atoms with E-state index >= 15 is 0 Å². The van der Waals surface area contributed by atoms with Gasteiger partial charge in [-0.1, -0.05) is 54.6 Å². The highest BCUT2D eigenvalue weighted by molar-refractivity contribution is 7.09. The summed E-state index contributed by atoms with van der Waals surface area (Å²) in [6.07, 6.45) is 5.13. The zero-order valence-electron chi connectivity index (χ0n) is 12.5. The van der Waals surface area contributed by atoms with Crippen molar-refractivity contribution < 1.29 is 4.79 Å². The number of amides is 1. The molecular formula is C19H16N2OS. The molecule has 0 radical (unpaired) electrons. The van der Waals surface area contributed by atoms with E-state index in [1.807, 2.05) is 36.4 Å². The molecule has 0 saturated heterocycles. The van der Waals surface area contributed by atoms with Crippen LogP contribution in [0.4, 0.5) is 0 Å². The van der Waals surface area contributed by atoms with Crippen molar-refractivity contribution in [1.82, 2.24) is 10.3 Å². The second-order valence-electron chi connectivity index (χ2n) is 5.01. The SMILES string of the molecule is O=C(/C=C/c1ccc(-c2ccccc2)cc1)NCc1cncs1. The molecule has 0 aliphatic heterocycles. The van der Waals surface area contributed by atoms with Gasteiger partial charge in [0.15, 0.2) is 0 Å². The second-order valence-corrected chi connectivity index (χ2v) is 5.98. The first-order valence-corrected chi connectivity index (χ1v) is 8.18. The molecule has 1 N–H and O–H groups in total. The summed E-state index contributed by atoms with van der Waals surface area (Å²) in [7, 11) is 0. The van der Waals surface area contributed by atoms with Crippen molar-refractivity contribution in [2.45, 2.75) is 6.54 Å². The van der Waals surface area contributed by atoms with E-state index in [0.29, 0.717) is 6.54 Å². The summed E-state index contributed by atoms with van der Waals surface area (Å²) in [5.74, 6) is -0.106. The fraction of sp³-hybridized carbons (Fsp3) is 0.0526. The third kappa shape index (κ3) is 4.37. The Bertz CT molecular complexity index is 778. The summed E-state index contributed by atoms with van der Waals surface area (Å²) in [6.45, 7) is 0.515. The Hall–Kier alpha value is -2.72. The van der Waals surface area contributed by atoms with Crippen LogP contribution in [0.5, 0.6) is 0 Å². The van der Waals surface area contributed by atoms with Crippen molar-refractivity contribution >= 4 is 23.3 Å². The van der Waals surface area contributed by atoms with Crippen molar-refractivity contribution in [3.8, 4) is 11.1 Å². The molecule has 1 amide bonds. The maximum atomic E-state index is 11.8. The second kappa shape index (κ2) is 7.51. The highest BCUT2D eigenvalue weighted by Gasteiger charge is 1.99. The minimum atomic E-state index is -0.106. The van der Waals surface area contributed by atoms with Crippen molar-refractivity contribution in [3.63, 3.8) is 0 Å². The van der Waals surface area contributed by atoms with E-state index < -0.39 is 0 Å². The van der Waals surface area contributed by atoms with E-state index in [-0.39, 0.29) is 5.91 Å². The van der Waals surface area contributed by atoms with Gasteiger partial charge in [-0.2, -0.15) is 0 Å². The quantitative estimate of drug-likeness (QED) is 0.718. The van der Waals surface area contributed by atoms with Crippen molar-refractivity contribution in [1.29, 1.82) is 0 Å². The molecule has 4 heteroatoms. The zero-order chi connectivity index (χ0) is 15.9. The van der Waals surface area contributed by atoms with Crippen LogP contribution in [0.3, 0.4) is 0 Å². The molecule has 3 aromatic rings. The molecular weight excluding hydrogens is 304 g/mol. The van der Waals surface area contributed by atoms with Gasteiger partial charge in [0.2, 0.25) is 5.91 Å². The summed E-state index contributed by atoms with van der Waals surface area (Å²) < 4.78 is 0. The lowest BCUT2D eigenvalue weighted by Crippen LogP contribution is -2.19. The van der Waals surface area contributed by atoms with Crippen LogP contribution in [0.1, 0.15) is 10.4 Å². The van der Waals surface area contributed by atoms with Crippen LogP contribution >= 0.6 is 11.3 Å². The summed E-state index contributed by atoms with van der Waals surface area (Å²) in [6, 6.07) is 18.4. The number of carbonyl (C=O) groups excluding carboxylic acids is 1. The molecule has 0 saturated carbocycles. The van der Waals surface area contributed by atoms with Gasteiger partial charge in [0.1, 0.15) is 0 Å². The lowest BCUT2D eigenvalue weighted by molar-refractivity contribution is -0.116. The zero-order valence-corrected chi connectivity index (χ0v) is 13.3. The molecule has 0 unspecified atom stereocenters. The van der Waals surface area contributed by atoms with Crippen LogP contribution in [0.15, 0.2) is 72.4 Å². The topological polar surface area (TPSA) is 42.0 Å². The number of hydrogen-bond donors (Lipinski definition) is 1. The van der Waals surface area contributed by atoms with Gasteiger partial charge in [-0.05, 0) is 22.8 Å². The number of aromatic nitrogens is 1. The van der Waals surface area contributed by atoms with Crippen molar-refractivity contribution in [2.75, 3.05) is 0 Å². The predicted octanol–water partition coefficient (Wildman–Crippen LogP) is 4.14. The Morgan fingerprint density at radius 1 is 1.04 bits per heavy atom. The van der Waals surface area contributed by atoms with Gasteiger partial charge in [0, 0.05) is 17.2 Å². The van der Waals surface area contributed by atoms with Crippen LogP contribution in [-0.2, 0) is 11.3 Å². The first kappa shape index (κ1) is 15.2. The van der Waals surface area contributed by atoms with E-state index in [2.05, 4.69) is 34.6 Å². The van der Waals surface area contributed by atoms with Crippen LogP contribution < -0.4 is 5.32 Å². The maximum absolute atomic E-state index is 11.8. The number of carbonyl (C=O) groups is 1. The van der Waals surface area contributed by atoms with Crippen LogP contribution in [-0.4, -0.2) is 10.9 Å². The molecule has 0 aliphatic rings. The number of rotatable bonds is 5.